The van der Waals surface area contributed by atoms with Gasteiger partial charge in [-0.1, -0.05) is 36.8 Å². The minimum atomic E-state index is -0.172. The van der Waals surface area contributed by atoms with Crippen LogP contribution >= 0.6 is 0 Å². The van der Waals surface area contributed by atoms with Gasteiger partial charge in [-0.3, -0.25) is 10.2 Å². The molecule has 30 heavy (non-hydrogen) atoms. The molecule has 0 bridgehead atoms. The molecular formula is C22H28N6O2. The van der Waals surface area contributed by atoms with E-state index in [-0.39, 0.29) is 29.8 Å². The fourth-order valence-electron chi connectivity index (χ4n) is 4.27. The number of hydrogen-bond acceptors (Lipinski definition) is 5. The minimum absolute atomic E-state index is 0.135. The van der Waals surface area contributed by atoms with E-state index in [4.69, 9.17) is 20.9 Å². The highest BCUT2D eigenvalue weighted by Gasteiger charge is 2.25. The number of fused-ring (bicyclic) bond motifs is 1. The molecule has 0 radical (unpaired) electrons. The summed E-state index contributed by atoms with van der Waals surface area (Å²) in [6.07, 6.45) is 4.55. The lowest BCUT2D eigenvalue weighted by molar-refractivity contribution is 0.105. The summed E-state index contributed by atoms with van der Waals surface area (Å²) < 4.78 is 7.45. The second-order valence-corrected chi connectivity index (χ2v) is 8.06. The molecule has 4 rings (SSSR count). The van der Waals surface area contributed by atoms with Crippen molar-refractivity contribution in [2.24, 2.45) is 18.7 Å². The van der Waals surface area contributed by atoms with Gasteiger partial charge in [-0.25, -0.2) is 9.67 Å². The van der Waals surface area contributed by atoms with E-state index in [0.717, 1.165) is 37.7 Å². The van der Waals surface area contributed by atoms with E-state index in [0.29, 0.717) is 29.2 Å². The van der Waals surface area contributed by atoms with E-state index >= 15 is 0 Å². The molecule has 0 aliphatic heterocycles. The lowest BCUT2D eigenvalue weighted by Gasteiger charge is -2.14. The number of aromatic amines is 1. The van der Waals surface area contributed by atoms with Gasteiger partial charge in [0.2, 0.25) is 0 Å². The predicted molar refractivity (Wildman–Crippen MR) is 115 cm³/mol. The van der Waals surface area contributed by atoms with Gasteiger partial charge in [0.25, 0.3) is 5.56 Å². The van der Waals surface area contributed by atoms with E-state index in [2.05, 4.69) is 10.1 Å². The lowest BCUT2D eigenvalue weighted by Crippen LogP contribution is -2.21. The number of nitrogens with one attached hydrogen (secondary N) is 2. The molecule has 8 nitrogen and oxygen atoms in total. The number of ether oxygens (including phenoxy) is 1. The van der Waals surface area contributed by atoms with Crippen LogP contribution in [0.1, 0.15) is 55.1 Å². The molecule has 0 amide bonds. The first-order valence-electron chi connectivity index (χ1n) is 10.4. The number of aromatic nitrogens is 4. The van der Waals surface area contributed by atoms with Gasteiger partial charge >= 0.3 is 0 Å². The topological polar surface area (TPSA) is 123 Å². The number of aryl methyl sites for hydroxylation is 1. The van der Waals surface area contributed by atoms with Crippen LogP contribution in [-0.2, 0) is 25.0 Å². The maximum Gasteiger partial charge on any atom is 0.262 e. The third kappa shape index (κ3) is 4.28. The first-order chi connectivity index (χ1) is 14.5. The highest BCUT2D eigenvalue weighted by molar-refractivity contribution is 5.79. The first kappa shape index (κ1) is 20.3. The van der Waals surface area contributed by atoms with Crippen molar-refractivity contribution in [3.05, 3.63) is 57.8 Å². The quantitative estimate of drug-likeness (QED) is 0.329. The molecule has 8 heteroatoms. The van der Waals surface area contributed by atoms with Gasteiger partial charge in [0.05, 0.1) is 19.0 Å². The van der Waals surface area contributed by atoms with Crippen LogP contribution in [0.4, 0.5) is 0 Å². The standard InChI is InChI=1S/C22H28N6O2/c1-28-21-18(17(27-28)13-30-12-14-6-3-2-4-7-14)22(29)26-20(25-21)16-9-5-8-15(10-11-16)19(23)24/h2-4,6-7,15-16H,5,8-13H2,1H3,(H3,23,24)(H,25,26,29). The molecule has 1 aromatic carbocycles. The van der Waals surface area contributed by atoms with Crippen LogP contribution in [0.15, 0.2) is 35.1 Å². The molecule has 1 aliphatic rings. The van der Waals surface area contributed by atoms with E-state index in [1.54, 1.807) is 11.7 Å². The molecule has 2 atom stereocenters. The number of benzene rings is 1. The highest BCUT2D eigenvalue weighted by Crippen LogP contribution is 2.32. The second-order valence-electron chi connectivity index (χ2n) is 8.06. The number of hydrogen-bond donors (Lipinski definition) is 3. The van der Waals surface area contributed by atoms with E-state index in [1.165, 1.54) is 0 Å². The van der Waals surface area contributed by atoms with Crippen LogP contribution in [0.25, 0.3) is 11.0 Å². The van der Waals surface area contributed by atoms with Crippen molar-refractivity contribution >= 4 is 16.9 Å². The third-order valence-electron chi connectivity index (χ3n) is 5.93. The molecule has 2 heterocycles. The molecule has 1 saturated carbocycles. The summed E-state index contributed by atoms with van der Waals surface area (Å²) in [5, 5.41) is 12.7. The van der Waals surface area contributed by atoms with Crippen LogP contribution in [0.2, 0.25) is 0 Å². The molecular weight excluding hydrogens is 380 g/mol. The van der Waals surface area contributed by atoms with Crippen LogP contribution in [0.3, 0.4) is 0 Å². The van der Waals surface area contributed by atoms with Crippen LogP contribution in [0.5, 0.6) is 0 Å². The Kier molecular flexibility index (Phi) is 5.94. The maximum absolute atomic E-state index is 12.9. The monoisotopic (exact) mass is 408 g/mol. The van der Waals surface area contributed by atoms with Crippen molar-refractivity contribution < 1.29 is 4.74 Å². The first-order valence-corrected chi connectivity index (χ1v) is 10.4. The zero-order valence-electron chi connectivity index (χ0n) is 17.2. The van der Waals surface area contributed by atoms with Crippen molar-refractivity contribution in [2.75, 3.05) is 0 Å². The number of amidine groups is 1. The van der Waals surface area contributed by atoms with Crippen molar-refractivity contribution in [3.8, 4) is 0 Å². The van der Waals surface area contributed by atoms with Gasteiger partial charge in [-0.15, -0.1) is 0 Å². The number of H-pyrrole nitrogens is 1. The van der Waals surface area contributed by atoms with E-state index < -0.39 is 0 Å². The zero-order valence-corrected chi connectivity index (χ0v) is 17.2. The third-order valence-corrected chi connectivity index (χ3v) is 5.93. The van der Waals surface area contributed by atoms with Crippen molar-refractivity contribution in [2.45, 2.75) is 51.2 Å². The van der Waals surface area contributed by atoms with Gasteiger partial charge in [-0.2, -0.15) is 5.10 Å². The number of rotatable bonds is 6. The number of nitrogens with two attached hydrogens (primary N) is 1. The maximum atomic E-state index is 12.9. The van der Waals surface area contributed by atoms with E-state index in [1.807, 2.05) is 30.3 Å². The Morgan fingerprint density at radius 3 is 2.80 bits per heavy atom. The fourth-order valence-corrected chi connectivity index (χ4v) is 4.27. The molecule has 158 valence electrons. The Morgan fingerprint density at radius 2 is 2.03 bits per heavy atom. The number of nitrogens with zero attached hydrogens (tertiary/aromatic N) is 3. The molecule has 2 aromatic heterocycles. The van der Waals surface area contributed by atoms with Crippen LogP contribution in [0, 0.1) is 11.3 Å². The summed E-state index contributed by atoms with van der Waals surface area (Å²) >= 11 is 0. The molecule has 0 spiro atoms. The average molecular weight is 409 g/mol. The Labute approximate surface area is 175 Å². The minimum Gasteiger partial charge on any atom is -0.387 e. The molecule has 2 unspecified atom stereocenters. The summed E-state index contributed by atoms with van der Waals surface area (Å²) in [5.74, 6) is 1.27. The summed E-state index contributed by atoms with van der Waals surface area (Å²) in [6.45, 7) is 0.710. The zero-order chi connectivity index (χ0) is 21.1. The summed E-state index contributed by atoms with van der Waals surface area (Å²) in [5.41, 5.74) is 7.79. The molecule has 0 saturated heterocycles. The SMILES string of the molecule is Cn1nc(COCc2ccccc2)c2c(=O)[nH]c(C3CCCC(C(=N)N)CC3)nc21. The highest BCUT2D eigenvalue weighted by atomic mass is 16.5. The Bertz CT molecular complexity index is 1090. The van der Waals surface area contributed by atoms with Crippen LogP contribution in [-0.4, -0.2) is 25.6 Å². The fraction of sp³-hybridized carbons (Fsp3) is 0.455. The van der Waals surface area contributed by atoms with Gasteiger partial charge in [0.1, 0.15) is 16.9 Å². The van der Waals surface area contributed by atoms with Crippen molar-refractivity contribution in [3.63, 3.8) is 0 Å². The Morgan fingerprint density at radius 1 is 1.23 bits per heavy atom. The molecule has 1 aliphatic carbocycles. The summed E-state index contributed by atoms with van der Waals surface area (Å²) in [4.78, 5) is 20.7. The van der Waals surface area contributed by atoms with Gasteiger partial charge < -0.3 is 15.5 Å². The van der Waals surface area contributed by atoms with Crippen LogP contribution < -0.4 is 11.3 Å². The Balaban J connectivity index is 1.53. The predicted octanol–water partition coefficient (Wildman–Crippen LogP) is 2.97. The van der Waals surface area contributed by atoms with Crippen molar-refractivity contribution in [1.82, 2.24) is 19.7 Å². The van der Waals surface area contributed by atoms with Crippen molar-refractivity contribution in [1.29, 1.82) is 5.41 Å². The Hall–Kier alpha value is -3.00. The average Bonchev–Trinajstić information content (AvgIpc) is 2.91. The summed E-state index contributed by atoms with van der Waals surface area (Å²) in [6, 6.07) is 9.91. The smallest absolute Gasteiger partial charge is 0.262 e. The van der Waals surface area contributed by atoms with Gasteiger partial charge in [-0.05, 0) is 31.2 Å². The van der Waals surface area contributed by atoms with Gasteiger partial charge in [0, 0.05) is 18.9 Å². The van der Waals surface area contributed by atoms with Gasteiger partial charge in [0.15, 0.2) is 5.65 Å². The molecule has 4 N–H and O–H groups in total. The second kappa shape index (κ2) is 8.79. The molecule has 3 aromatic rings. The summed E-state index contributed by atoms with van der Waals surface area (Å²) in [7, 11) is 1.80. The normalized spacial score (nSPS) is 19.6. The largest absolute Gasteiger partial charge is 0.387 e. The van der Waals surface area contributed by atoms with E-state index in [9.17, 15) is 4.79 Å². The lowest BCUT2D eigenvalue weighted by atomic mass is 9.97. The molecule has 1 fully saturated rings.